The molecule has 4 heteroatoms. The van der Waals surface area contributed by atoms with Gasteiger partial charge in [-0.05, 0) is 52.7 Å². The van der Waals surface area contributed by atoms with Crippen LogP contribution in [0.25, 0.3) is 0 Å². The van der Waals surface area contributed by atoms with Gasteiger partial charge in [-0.2, -0.15) is 0 Å². The standard InChI is InChI=1S/C14H11BrO3/c1-9-6-7-13(11(15)8-9)18-12-5-3-2-4-10(12)14(16)17/h2-8H,1H3,(H,16,17). The van der Waals surface area contributed by atoms with Crippen LogP contribution in [0.5, 0.6) is 11.5 Å². The van der Waals surface area contributed by atoms with Gasteiger partial charge in [0, 0.05) is 0 Å². The van der Waals surface area contributed by atoms with Crippen LogP contribution >= 0.6 is 15.9 Å². The topological polar surface area (TPSA) is 46.5 Å². The summed E-state index contributed by atoms with van der Waals surface area (Å²) in [4.78, 5) is 11.1. The first-order valence-corrected chi connectivity index (χ1v) is 6.13. The fraction of sp³-hybridized carbons (Fsp3) is 0.0714. The highest BCUT2D eigenvalue weighted by Crippen LogP contribution is 2.32. The van der Waals surface area contributed by atoms with Gasteiger partial charge in [-0.1, -0.05) is 18.2 Å². The van der Waals surface area contributed by atoms with E-state index in [0.29, 0.717) is 11.5 Å². The Labute approximate surface area is 113 Å². The molecule has 0 aliphatic rings. The monoisotopic (exact) mass is 306 g/mol. The zero-order chi connectivity index (χ0) is 13.1. The van der Waals surface area contributed by atoms with E-state index in [0.717, 1.165) is 10.0 Å². The lowest BCUT2D eigenvalue weighted by Crippen LogP contribution is -1.99. The lowest BCUT2D eigenvalue weighted by atomic mass is 10.2. The molecule has 0 aromatic heterocycles. The molecule has 3 nitrogen and oxygen atoms in total. The number of aryl methyl sites for hydroxylation is 1. The van der Waals surface area contributed by atoms with Crippen molar-refractivity contribution in [1.82, 2.24) is 0 Å². The first-order valence-electron chi connectivity index (χ1n) is 5.34. The first-order chi connectivity index (χ1) is 8.58. The van der Waals surface area contributed by atoms with Crippen LogP contribution in [0.15, 0.2) is 46.9 Å². The fourth-order valence-corrected chi connectivity index (χ4v) is 2.11. The quantitative estimate of drug-likeness (QED) is 0.922. The van der Waals surface area contributed by atoms with Crippen LogP contribution in [-0.2, 0) is 0 Å². The summed E-state index contributed by atoms with van der Waals surface area (Å²) in [7, 11) is 0. The number of carbonyl (C=O) groups is 1. The number of aromatic carboxylic acids is 1. The Morgan fingerprint density at radius 2 is 1.89 bits per heavy atom. The third-order valence-corrected chi connectivity index (χ3v) is 3.04. The SMILES string of the molecule is Cc1ccc(Oc2ccccc2C(=O)O)c(Br)c1. The molecule has 0 aliphatic heterocycles. The summed E-state index contributed by atoms with van der Waals surface area (Å²) in [6.45, 7) is 1.97. The van der Waals surface area contributed by atoms with Crippen molar-refractivity contribution < 1.29 is 14.6 Å². The van der Waals surface area contributed by atoms with Crippen LogP contribution < -0.4 is 4.74 Å². The van der Waals surface area contributed by atoms with Gasteiger partial charge in [0.1, 0.15) is 17.1 Å². The Balaban J connectivity index is 2.37. The molecule has 92 valence electrons. The van der Waals surface area contributed by atoms with Gasteiger partial charge in [0.25, 0.3) is 0 Å². The normalized spacial score (nSPS) is 10.1. The van der Waals surface area contributed by atoms with Gasteiger partial charge in [0.15, 0.2) is 0 Å². The summed E-state index contributed by atoms with van der Waals surface area (Å²) in [5.41, 5.74) is 1.24. The van der Waals surface area contributed by atoms with Crippen molar-refractivity contribution in [2.75, 3.05) is 0 Å². The fourth-order valence-electron chi connectivity index (χ4n) is 1.54. The van der Waals surface area contributed by atoms with E-state index < -0.39 is 5.97 Å². The molecule has 2 aromatic rings. The molecule has 2 rings (SSSR count). The molecule has 0 bridgehead atoms. The van der Waals surface area contributed by atoms with Gasteiger partial charge < -0.3 is 9.84 Å². The summed E-state index contributed by atoms with van der Waals surface area (Å²) < 4.78 is 6.42. The maximum Gasteiger partial charge on any atom is 0.339 e. The average Bonchev–Trinajstić information content (AvgIpc) is 2.33. The van der Waals surface area contributed by atoms with Crippen LogP contribution in [0.1, 0.15) is 15.9 Å². The van der Waals surface area contributed by atoms with Crippen molar-refractivity contribution in [2.45, 2.75) is 6.92 Å². The van der Waals surface area contributed by atoms with Gasteiger partial charge in [-0.15, -0.1) is 0 Å². The molecule has 0 amide bonds. The first kappa shape index (κ1) is 12.6. The minimum Gasteiger partial charge on any atom is -0.478 e. The summed E-state index contributed by atoms with van der Waals surface area (Å²) in [5.74, 6) is -0.0855. The Kier molecular flexibility index (Phi) is 3.67. The zero-order valence-corrected chi connectivity index (χ0v) is 11.3. The Morgan fingerprint density at radius 1 is 1.17 bits per heavy atom. The maximum atomic E-state index is 11.1. The molecule has 0 saturated heterocycles. The van der Waals surface area contributed by atoms with Crippen LogP contribution in [-0.4, -0.2) is 11.1 Å². The average molecular weight is 307 g/mol. The molecule has 0 aliphatic carbocycles. The second kappa shape index (κ2) is 5.23. The molecule has 0 spiro atoms. The van der Waals surface area contributed by atoms with Gasteiger partial charge in [-0.25, -0.2) is 4.79 Å². The summed E-state index contributed by atoms with van der Waals surface area (Å²) in [5, 5.41) is 9.07. The molecular weight excluding hydrogens is 296 g/mol. The van der Waals surface area contributed by atoms with Crippen molar-refractivity contribution in [3.63, 3.8) is 0 Å². The lowest BCUT2D eigenvalue weighted by molar-refractivity contribution is 0.0694. The van der Waals surface area contributed by atoms with Gasteiger partial charge >= 0.3 is 5.97 Å². The molecule has 0 unspecified atom stereocenters. The molecule has 0 atom stereocenters. The maximum absolute atomic E-state index is 11.1. The highest BCUT2D eigenvalue weighted by atomic mass is 79.9. The summed E-state index contributed by atoms with van der Waals surface area (Å²) in [6, 6.07) is 12.2. The Morgan fingerprint density at radius 3 is 2.56 bits per heavy atom. The van der Waals surface area contributed by atoms with E-state index in [1.807, 2.05) is 19.1 Å². The second-order valence-corrected chi connectivity index (χ2v) is 4.69. The van der Waals surface area contributed by atoms with Gasteiger partial charge in [0.2, 0.25) is 0 Å². The number of para-hydroxylation sites is 1. The number of benzene rings is 2. The summed E-state index contributed by atoms with van der Waals surface area (Å²) >= 11 is 3.39. The van der Waals surface area contributed by atoms with Crippen LogP contribution in [0.4, 0.5) is 0 Å². The van der Waals surface area contributed by atoms with E-state index >= 15 is 0 Å². The Hall–Kier alpha value is -1.81. The van der Waals surface area contributed by atoms with Crippen molar-refractivity contribution in [2.24, 2.45) is 0 Å². The van der Waals surface area contributed by atoms with E-state index in [1.165, 1.54) is 6.07 Å². The molecule has 0 fully saturated rings. The van der Waals surface area contributed by atoms with E-state index in [-0.39, 0.29) is 5.56 Å². The number of rotatable bonds is 3. The van der Waals surface area contributed by atoms with Crippen molar-refractivity contribution in [1.29, 1.82) is 0 Å². The number of carboxylic acids is 1. The largest absolute Gasteiger partial charge is 0.478 e. The molecule has 2 aromatic carbocycles. The molecule has 0 radical (unpaired) electrons. The van der Waals surface area contributed by atoms with E-state index in [4.69, 9.17) is 9.84 Å². The highest BCUT2D eigenvalue weighted by molar-refractivity contribution is 9.10. The number of hydrogen-bond acceptors (Lipinski definition) is 2. The highest BCUT2D eigenvalue weighted by Gasteiger charge is 2.12. The van der Waals surface area contributed by atoms with E-state index in [9.17, 15) is 4.79 Å². The number of halogens is 1. The van der Waals surface area contributed by atoms with Gasteiger partial charge in [-0.3, -0.25) is 0 Å². The van der Waals surface area contributed by atoms with Crippen molar-refractivity contribution in [3.8, 4) is 11.5 Å². The zero-order valence-electron chi connectivity index (χ0n) is 9.68. The smallest absolute Gasteiger partial charge is 0.339 e. The molecule has 0 heterocycles. The predicted octanol–water partition coefficient (Wildman–Crippen LogP) is 4.25. The minimum atomic E-state index is -1.01. The lowest BCUT2D eigenvalue weighted by Gasteiger charge is -2.10. The predicted molar refractivity (Wildman–Crippen MR) is 72.4 cm³/mol. The van der Waals surface area contributed by atoms with Crippen molar-refractivity contribution in [3.05, 3.63) is 58.1 Å². The number of carboxylic acid groups (broad SMARTS) is 1. The van der Waals surface area contributed by atoms with Gasteiger partial charge in [0.05, 0.1) is 4.47 Å². The van der Waals surface area contributed by atoms with E-state index in [2.05, 4.69) is 15.9 Å². The minimum absolute atomic E-state index is 0.143. The Bertz CT molecular complexity index is 593. The number of ether oxygens (including phenoxy) is 1. The second-order valence-electron chi connectivity index (χ2n) is 3.84. The molecule has 1 N–H and O–H groups in total. The van der Waals surface area contributed by atoms with E-state index in [1.54, 1.807) is 24.3 Å². The third-order valence-electron chi connectivity index (χ3n) is 2.42. The van der Waals surface area contributed by atoms with Crippen LogP contribution in [0.2, 0.25) is 0 Å². The third kappa shape index (κ3) is 2.71. The van der Waals surface area contributed by atoms with Crippen LogP contribution in [0.3, 0.4) is 0 Å². The van der Waals surface area contributed by atoms with Crippen molar-refractivity contribution >= 4 is 21.9 Å². The molecular formula is C14H11BrO3. The van der Waals surface area contributed by atoms with Crippen LogP contribution in [0, 0.1) is 6.92 Å². The number of hydrogen-bond donors (Lipinski definition) is 1. The molecule has 0 saturated carbocycles. The molecule has 18 heavy (non-hydrogen) atoms. The summed E-state index contributed by atoms with van der Waals surface area (Å²) in [6.07, 6.45) is 0.